The normalized spacial score (nSPS) is 19.2. The van der Waals surface area contributed by atoms with Crippen LogP contribution in [0.5, 0.6) is 0 Å². The first-order valence-electron chi connectivity index (χ1n) is 9.15. The van der Waals surface area contributed by atoms with E-state index in [1.54, 1.807) is 60.0 Å². The van der Waals surface area contributed by atoms with Crippen LogP contribution in [0.4, 0.5) is 11.4 Å². The SMILES string of the molecule is Cc1cc(Cl)ccc1NS(=O)(=O)c1ccc2c(c1)N(C(=O)C1CC1)CC(C)S2. The molecule has 1 amide bonds. The van der Waals surface area contributed by atoms with Crippen molar-refractivity contribution in [3.05, 3.63) is 47.0 Å². The number of carbonyl (C=O) groups excluding carboxylic acids is 1. The third kappa shape index (κ3) is 3.88. The van der Waals surface area contributed by atoms with E-state index in [0.29, 0.717) is 22.9 Å². The number of halogens is 1. The van der Waals surface area contributed by atoms with Crippen LogP contribution in [0.25, 0.3) is 0 Å². The lowest BCUT2D eigenvalue weighted by molar-refractivity contribution is -0.119. The summed E-state index contributed by atoms with van der Waals surface area (Å²) in [5.41, 5.74) is 1.91. The minimum Gasteiger partial charge on any atom is -0.310 e. The molecule has 1 unspecified atom stereocenters. The Morgan fingerprint density at radius 3 is 2.64 bits per heavy atom. The average Bonchev–Trinajstić information content (AvgIpc) is 3.47. The summed E-state index contributed by atoms with van der Waals surface area (Å²) in [6, 6.07) is 10.0. The molecular formula is C20H21ClN2O3S2. The van der Waals surface area contributed by atoms with Crippen molar-refractivity contribution in [2.45, 2.75) is 41.7 Å². The minimum atomic E-state index is -3.79. The van der Waals surface area contributed by atoms with Gasteiger partial charge >= 0.3 is 0 Å². The highest BCUT2D eigenvalue weighted by atomic mass is 35.5. The van der Waals surface area contributed by atoms with Crippen LogP contribution < -0.4 is 9.62 Å². The molecule has 0 saturated heterocycles. The zero-order valence-electron chi connectivity index (χ0n) is 15.6. The molecule has 0 aromatic heterocycles. The number of aryl methyl sites for hydroxylation is 1. The molecule has 0 spiro atoms. The van der Waals surface area contributed by atoms with Crippen LogP contribution in [0, 0.1) is 12.8 Å². The average molecular weight is 437 g/mol. The van der Waals surface area contributed by atoms with Crippen molar-refractivity contribution in [2.75, 3.05) is 16.2 Å². The molecule has 1 atom stereocenters. The lowest BCUT2D eigenvalue weighted by Gasteiger charge is -2.33. The number of nitrogens with one attached hydrogen (secondary N) is 1. The molecule has 28 heavy (non-hydrogen) atoms. The van der Waals surface area contributed by atoms with Crippen LogP contribution in [-0.2, 0) is 14.8 Å². The second-order valence-corrected chi connectivity index (χ2v) is 10.9. The van der Waals surface area contributed by atoms with Gasteiger partial charge in [-0.05, 0) is 61.7 Å². The molecule has 2 aromatic rings. The van der Waals surface area contributed by atoms with E-state index in [1.807, 2.05) is 0 Å². The number of sulfonamides is 1. The van der Waals surface area contributed by atoms with Gasteiger partial charge in [0.05, 0.1) is 16.3 Å². The number of thioether (sulfide) groups is 1. The van der Waals surface area contributed by atoms with Crippen LogP contribution in [0.2, 0.25) is 5.02 Å². The lowest BCUT2D eigenvalue weighted by Crippen LogP contribution is -2.39. The van der Waals surface area contributed by atoms with Crippen molar-refractivity contribution in [2.24, 2.45) is 5.92 Å². The molecule has 2 aliphatic rings. The number of carbonyl (C=O) groups is 1. The molecule has 8 heteroatoms. The van der Waals surface area contributed by atoms with Crippen molar-refractivity contribution in [1.29, 1.82) is 0 Å². The number of nitrogens with zero attached hydrogens (tertiary/aromatic N) is 1. The van der Waals surface area contributed by atoms with E-state index in [2.05, 4.69) is 11.6 Å². The molecule has 1 saturated carbocycles. The van der Waals surface area contributed by atoms with Gasteiger partial charge in [-0.1, -0.05) is 18.5 Å². The van der Waals surface area contributed by atoms with Crippen LogP contribution in [-0.4, -0.2) is 26.1 Å². The molecule has 4 rings (SSSR count). The Morgan fingerprint density at radius 1 is 1.21 bits per heavy atom. The van der Waals surface area contributed by atoms with Gasteiger partial charge in [0, 0.05) is 27.6 Å². The summed E-state index contributed by atoms with van der Waals surface area (Å²) in [5, 5.41) is 0.821. The van der Waals surface area contributed by atoms with Gasteiger partial charge < -0.3 is 4.90 Å². The van der Waals surface area contributed by atoms with Crippen LogP contribution in [0.15, 0.2) is 46.2 Å². The highest BCUT2D eigenvalue weighted by Gasteiger charge is 2.37. The third-order valence-electron chi connectivity index (χ3n) is 4.92. The summed E-state index contributed by atoms with van der Waals surface area (Å²) in [5.74, 6) is 0.183. The van der Waals surface area contributed by atoms with Crippen molar-refractivity contribution in [3.8, 4) is 0 Å². The topological polar surface area (TPSA) is 66.5 Å². The summed E-state index contributed by atoms with van der Waals surface area (Å²) < 4.78 is 28.5. The first kappa shape index (κ1) is 19.6. The Hall–Kier alpha value is -1.70. The maximum atomic E-state index is 13.0. The third-order valence-corrected chi connectivity index (χ3v) is 7.67. The van der Waals surface area contributed by atoms with E-state index in [-0.39, 0.29) is 22.0 Å². The van der Waals surface area contributed by atoms with Crippen molar-refractivity contribution >= 4 is 50.7 Å². The Balaban J connectivity index is 1.68. The Morgan fingerprint density at radius 2 is 1.96 bits per heavy atom. The first-order valence-corrected chi connectivity index (χ1v) is 11.9. The standard InChI is InChI=1S/C20H21ClN2O3S2/c1-12-9-15(21)5-7-17(12)22-28(25,26)16-6-8-19-18(10-16)23(11-13(2)27-19)20(24)14-3-4-14/h5-10,13-14,22H,3-4,11H2,1-2H3. The second kappa shape index (κ2) is 7.28. The molecule has 1 aliphatic carbocycles. The zero-order chi connectivity index (χ0) is 20.1. The molecule has 2 aromatic carbocycles. The molecule has 1 aliphatic heterocycles. The summed E-state index contributed by atoms with van der Waals surface area (Å²) >= 11 is 7.62. The largest absolute Gasteiger partial charge is 0.310 e. The van der Waals surface area contributed by atoms with Crippen LogP contribution >= 0.6 is 23.4 Å². The lowest BCUT2D eigenvalue weighted by atomic mass is 10.2. The second-order valence-electron chi connectivity index (χ2n) is 7.35. The van der Waals surface area contributed by atoms with Gasteiger partial charge in [-0.2, -0.15) is 0 Å². The summed E-state index contributed by atoms with van der Waals surface area (Å²) in [6.45, 7) is 4.47. The Bertz CT molecular complexity index is 1050. The number of hydrogen-bond acceptors (Lipinski definition) is 4. The van der Waals surface area contributed by atoms with E-state index >= 15 is 0 Å². The minimum absolute atomic E-state index is 0.0817. The molecule has 0 radical (unpaired) electrons. The van der Waals surface area contributed by atoms with Crippen molar-refractivity contribution < 1.29 is 13.2 Å². The molecule has 1 fully saturated rings. The fourth-order valence-electron chi connectivity index (χ4n) is 3.29. The monoisotopic (exact) mass is 436 g/mol. The summed E-state index contributed by atoms with van der Waals surface area (Å²) in [7, 11) is -3.79. The molecule has 0 bridgehead atoms. The highest BCUT2D eigenvalue weighted by Crippen LogP contribution is 2.42. The number of amides is 1. The molecule has 148 valence electrons. The molecule has 1 heterocycles. The fourth-order valence-corrected chi connectivity index (χ4v) is 5.76. The predicted molar refractivity (Wildman–Crippen MR) is 114 cm³/mol. The maximum Gasteiger partial charge on any atom is 0.261 e. The van der Waals surface area contributed by atoms with E-state index in [4.69, 9.17) is 11.6 Å². The number of fused-ring (bicyclic) bond motifs is 1. The van der Waals surface area contributed by atoms with Gasteiger partial charge in [0.25, 0.3) is 10.0 Å². The quantitative estimate of drug-likeness (QED) is 0.755. The predicted octanol–water partition coefficient (Wildman–Crippen LogP) is 4.69. The summed E-state index contributed by atoms with van der Waals surface area (Å²) in [4.78, 5) is 15.6. The van der Waals surface area contributed by atoms with E-state index in [1.165, 1.54) is 0 Å². The molecular weight excluding hydrogens is 416 g/mol. The zero-order valence-corrected chi connectivity index (χ0v) is 18.0. The number of anilines is 2. The van der Waals surface area contributed by atoms with Gasteiger partial charge in [-0.15, -0.1) is 11.8 Å². The maximum absolute atomic E-state index is 13.0. The van der Waals surface area contributed by atoms with Crippen molar-refractivity contribution in [3.63, 3.8) is 0 Å². The van der Waals surface area contributed by atoms with E-state index in [0.717, 1.165) is 23.3 Å². The van der Waals surface area contributed by atoms with Gasteiger partial charge in [-0.25, -0.2) is 8.42 Å². The van der Waals surface area contributed by atoms with Crippen LogP contribution in [0.3, 0.4) is 0 Å². The van der Waals surface area contributed by atoms with E-state index < -0.39 is 10.0 Å². The highest BCUT2D eigenvalue weighted by molar-refractivity contribution is 8.00. The number of benzene rings is 2. The van der Waals surface area contributed by atoms with Gasteiger partial charge in [0.1, 0.15) is 0 Å². The van der Waals surface area contributed by atoms with Gasteiger partial charge in [0.15, 0.2) is 0 Å². The Kier molecular flexibility index (Phi) is 5.10. The number of hydrogen-bond donors (Lipinski definition) is 1. The first-order chi connectivity index (χ1) is 13.2. The fraction of sp³-hybridized carbons (Fsp3) is 0.350. The number of rotatable bonds is 4. The molecule has 1 N–H and O–H groups in total. The van der Waals surface area contributed by atoms with Gasteiger partial charge in [0.2, 0.25) is 5.91 Å². The molecule has 5 nitrogen and oxygen atoms in total. The van der Waals surface area contributed by atoms with Gasteiger partial charge in [-0.3, -0.25) is 9.52 Å². The summed E-state index contributed by atoms with van der Waals surface area (Å²) in [6.07, 6.45) is 1.84. The van der Waals surface area contributed by atoms with Crippen molar-refractivity contribution in [1.82, 2.24) is 0 Å². The van der Waals surface area contributed by atoms with E-state index in [9.17, 15) is 13.2 Å². The smallest absolute Gasteiger partial charge is 0.261 e. The van der Waals surface area contributed by atoms with Crippen LogP contribution in [0.1, 0.15) is 25.3 Å². The Labute approximate surface area is 174 Å².